The van der Waals surface area contributed by atoms with E-state index in [9.17, 15) is 4.79 Å². The van der Waals surface area contributed by atoms with Crippen LogP contribution in [-0.4, -0.2) is 58.6 Å². The van der Waals surface area contributed by atoms with E-state index in [0.717, 1.165) is 45.0 Å². The average molecular weight is 550 g/mol. The molecule has 200 valence electrons. The van der Waals surface area contributed by atoms with Gasteiger partial charge in [-0.15, -0.1) is 0 Å². The first-order chi connectivity index (χ1) is 19.6. The molecule has 3 heterocycles. The molecule has 3 aromatic carbocycles. The summed E-state index contributed by atoms with van der Waals surface area (Å²) >= 11 is 6.60. The zero-order chi connectivity index (χ0) is 27.5. The highest BCUT2D eigenvalue weighted by molar-refractivity contribution is 6.32. The second-order valence-corrected chi connectivity index (χ2v) is 9.96. The van der Waals surface area contributed by atoms with Crippen LogP contribution in [0.25, 0.3) is 33.9 Å². The van der Waals surface area contributed by atoms with Gasteiger partial charge in [0.25, 0.3) is 0 Å². The number of aromatic nitrogens is 3. The quantitative estimate of drug-likeness (QED) is 0.239. The van der Waals surface area contributed by atoms with Gasteiger partial charge in [0.15, 0.2) is 5.65 Å². The second kappa shape index (κ2) is 11.2. The van der Waals surface area contributed by atoms with Crippen molar-refractivity contribution in [1.82, 2.24) is 19.4 Å². The highest BCUT2D eigenvalue weighted by atomic mass is 35.5. The minimum absolute atomic E-state index is 0.00912. The highest BCUT2D eigenvalue weighted by Crippen LogP contribution is 2.38. The summed E-state index contributed by atoms with van der Waals surface area (Å²) in [5, 5.41) is 1.61. The molecule has 0 atom stereocenters. The van der Waals surface area contributed by atoms with Crippen LogP contribution in [0, 0.1) is 0 Å². The van der Waals surface area contributed by atoms with Gasteiger partial charge in [-0.2, -0.15) is 0 Å². The van der Waals surface area contributed by atoms with Crippen LogP contribution in [0.4, 0.5) is 5.82 Å². The summed E-state index contributed by atoms with van der Waals surface area (Å²) in [6.45, 7) is 2.52. The fourth-order valence-electron chi connectivity index (χ4n) is 5.11. The number of hydrogen-bond donors (Lipinski definition) is 0. The lowest BCUT2D eigenvalue weighted by Gasteiger charge is -2.35. The normalized spacial score (nSPS) is 13.8. The molecule has 7 nitrogen and oxygen atoms in total. The molecule has 0 spiro atoms. The number of amides is 1. The first kappa shape index (κ1) is 25.6. The summed E-state index contributed by atoms with van der Waals surface area (Å²) in [6.07, 6.45) is 7.15. The van der Waals surface area contributed by atoms with Crippen molar-refractivity contribution < 1.29 is 9.53 Å². The summed E-state index contributed by atoms with van der Waals surface area (Å²) in [5.74, 6) is 1.61. The molecule has 1 aliphatic rings. The summed E-state index contributed by atoms with van der Waals surface area (Å²) in [7, 11) is 1.63. The van der Waals surface area contributed by atoms with Crippen LogP contribution < -0.4 is 9.64 Å². The number of piperazine rings is 1. The molecule has 0 unspecified atom stereocenters. The van der Waals surface area contributed by atoms with E-state index < -0.39 is 0 Å². The van der Waals surface area contributed by atoms with Crippen molar-refractivity contribution in [2.45, 2.75) is 0 Å². The minimum Gasteiger partial charge on any atom is -0.497 e. The number of ether oxygens (including phenoxy) is 1. The fourth-order valence-corrected chi connectivity index (χ4v) is 5.34. The SMILES string of the molecule is COc1cccc(/C=C/C(=O)N2CCN(c3ncnc4c3c(-c3ccccc3)cn4-c3ccccc3Cl)CC2)c1. The minimum atomic E-state index is -0.00912. The summed E-state index contributed by atoms with van der Waals surface area (Å²) in [6, 6.07) is 25.6. The van der Waals surface area contributed by atoms with Crippen LogP contribution in [0.3, 0.4) is 0 Å². The molecular weight excluding hydrogens is 522 g/mol. The van der Waals surface area contributed by atoms with E-state index in [2.05, 4.69) is 23.2 Å². The van der Waals surface area contributed by atoms with Gasteiger partial charge in [0, 0.05) is 44.0 Å². The number of rotatable bonds is 6. The Morgan fingerprint density at radius 2 is 1.70 bits per heavy atom. The molecule has 2 aromatic heterocycles. The Labute approximate surface area is 237 Å². The Morgan fingerprint density at radius 1 is 0.925 bits per heavy atom. The largest absolute Gasteiger partial charge is 0.497 e. The van der Waals surface area contributed by atoms with Crippen molar-refractivity contribution >= 4 is 40.4 Å². The number of anilines is 1. The standard InChI is InChI=1S/C32H28ClN5O2/c1-40-25-11-7-8-23(20-25)14-15-29(39)36-16-18-37(19-17-36)31-30-26(24-9-3-2-4-10-24)21-38(32(30)35-22-34-31)28-13-6-5-12-27(28)33/h2-15,20-22H,16-19H2,1H3/b15-14+. The first-order valence-electron chi connectivity index (χ1n) is 13.1. The number of fused-ring (bicyclic) bond motifs is 1. The fraction of sp³-hybridized carbons (Fsp3) is 0.156. The molecule has 1 amide bonds. The van der Waals surface area contributed by atoms with Crippen molar-refractivity contribution in [2.75, 3.05) is 38.2 Å². The molecule has 40 heavy (non-hydrogen) atoms. The first-order valence-corrected chi connectivity index (χ1v) is 13.5. The molecule has 1 saturated heterocycles. The molecule has 0 saturated carbocycles. The molecule has 6 rings (SSSR count). The molecule has 5 aromatic rings. The lowest BCUT2D eigenvalue weighted by Crippen LogP contribution is -2.48. The number of methoxy groups -OCH3 is 1. The van der Waals surface area contributed by atoms with Crippen molar-refractivity contribution in [3.63, 3.8) is 0 Å². The zero-order valence-corrected chi connectivity index (χ0v) is 22.8. The lowest BCUT2D eigenvalue weighted by atomic mass is 10.1. The van der Waals surface area contributed by atoms with Gasteiger partial charge in [-0.25, -0.2) is 9.97 Å². The summed E-state index contributed by atoms with van der Waals surface area (Å²) < 4.78 is 7.31. The van der Waals surface area contributed by atoms with E-state index in [4.69, 9.17) is 26.3 Å². The summed E-state index contributed by atoms with van der Waals surface area (Å²) in [4.78, 5) is 26.5. The Balaban J connectivity index is 1.29. The van der Waals surface area contributed by atoms with Gasteiger partial charge < -0.3 is 14.5 Å². The van der Waals surface area contributed by atoms with Gasteiger partial charge in [-0.3, -0.25) is 9.36 Å². The van der Waals surface area contributed by atoms with Crippen molar-refractivity contribution in [1.29, 1.82) is 0 Å². The summed E-state index contributed by atoms with van der Waals surface area (Å²) in [5.41, 5.74) is 4.68. The van der Waals surface area contributed by atoms with Gasteiger partial charge in [0.1, 0.15) is 17.9 Å². The molecule has 0 N–H and O–H groups in total. The van der Waals surface area contributed by atoms with E-state index in [1.54, 1.807) is 19.5 Å². The van der Waals surface area contributed by atoms with Crippen molar-refractivity contribution in [3.05, 3.63) is 108 Å². The van der Waals surface area contributed by atoms with Crippen LogP contribution in [0.15, 0.2) is 97.5 Å². The molecule has 1 aliphatic heterocycles. The van der Waals surface area contributed by atoms with Gasteiger partial charge in [0.05, 0.1) is 23.2 Å². The van der Waals surface area contributed by atoms with Crippen LogP contribution in [0.5, 0.6) is 5.75 Å². The second-order valence-electron chi connectivity index (χ2n) is 9.55. The third-order valence-corrected chi connectivity index (χ3v) is 7.48. The van der Waals surface area contributed by atoms with E-state index in [1.807, 2.05) is 82.3 Å². The molecule has 0 radical (unpaired) electrons. The highest BCUT2D eigenvalue weighted by Gasteiger charge is 2.25. The molecule has 0 bridgehead atoms. The molecule has 8 heteroatoms. The van der Waals surface area contributed by atoms with Crippen LogP contribution >= 0.6 is 11.6 Å². The van der Waals surface area contributed by atoms with Gasteiger partial charge >= 0.3 is 0 Å². The van der Waals surface area contributed by atoms with Crippen LogP contribution in [0.1, 0.15) is 5.56 Å². The van der Waals surface area contributed by atoms with E-state index in [-0.39, 0.29) is 5.91 Å². The zero-order valence-electron chi connectivity index (χ0n) is 22.1. The maximum absolute atomic E-state index is 13.0. The Bertz CT molecular complexity index is 1690. The molecular formula is C32H28ClN5O2. The number of para-hydroxylation sites is 1. The maximum atomic E-state index is 13.0. The molecule has 0 aliphatic carbocycles. The van der Waals surface area contributed by atoms with Crippen molar-refractivity contribution in [2.24, 2.45) is 0 Å². The van der Waals surface area contributed by atoms with Gasteiger partial charge in [0.2, 0.25) is 5.91 Å². The molecule has 1 fully saturated rings. The van der Waals surface area contributed by atoms with Gasteiger partial charge in [-0.05, 0) is 41.5 Å². The average Bonchev–Trinajstić information content (AvgIpc) is 3.40. The predicted octanol–water partition coefficient (Wildman–Crippen LogP) is 6.11. The van der Waals surface area contributed by atoms with E-state index >= 15 is 0 Å². The number of carbonyl (C=O) groups excluding carboxylic acids is 1. The van der Waals surface area contributed by atoms with Gasteiger partial charge in [-0.1, -0.05) is 66.2 Å². The Morgan fingerprint density at radius 3 is 2.48 bits per heavy atom. The number of hydrogen-bond acceptors (Lipinski definition) is 5. The monoisotopic (exact) mass is 549 g/mol. The van der Waals surface area contributed by atoms with E-state index in [1.165, 1.54) is 0 Å². The number of halogens is 1. The van der Waals surface area contributed by atoms with Crippen LogP contribution in [-0.2, 0) is 4.79 Å². The van der Waals surface area contributed by atoms with Crippen LogP contribution in [0.2, 0.25) is 5.02 Å². The van der Waals surface area contributed by atoms with Crippen molar-refractivity contribution in [3.8, 4) is 22.6 Å². The lowest BCUT2D eigenvalue weighted by molar-refractivity contribution is -0.126. The topological polar surface area (TPSA) is 63.5 Å². The third-order valence-electron chi connectivity index (χ3n) is 7.16. The number of carbonyl (C=O) groups is 1. The third kappa shape index (κ3) is 5.03. The number of nitrogens with zero attached hydrogens (tertiary/aromatic N) is 5. The predicted molar refractivity (Wildman–Crippen MR) is 160 cm³/mol. The Kier molecular flexibility index (Phi) is 7.21. The smallest absolute Gasteiger partial charge is 0.246 e. The Hall–Kier alpha value is -4.62. The maximum Gasteiger partial charge on any atom is 0.246 e. The number of benzene rings is 3. The van der Waals surface area contributed by atoms with E-state index in [0.29, 0.717) is 31.2 Å².